The van der Waals surface area contributed by atoms with Crippen molar-refractivity contribution in [2.24, 2.45) is 0 Å². The molecular weight excluding hydrogens is 255 g/mol. The molecule has 0 radical (unpaired) electrons. The highest BCUT2D eigenvalue weighted by molar-refractivity contribution is 6.33. The molecule has 2 nitrogen and oxygen atoms in total. The molecule has 0 amide bonds. The van der Waals surface area contributed by atoms with Crippen LogP contribution in [0.4, 0.5) is 18.9 Å². The van der Waals surface area contributed by atoms with E-state index in [1.807, 2.05) is 0 Å². The lowest BCUT2D eigenvalue weighted by atomic mass is 10.3. The normalized spacial score (nSPS) is 13.5. The molecule has 0 fully saturated rings. The van der Waals surface area contributed by atoms with Gasteiger partial charge in [0.2, 0.25) is 0 Å². The van der Waals surface area contributed by atoms with Gasteiger partial charge in [0.05, 0.1) is 17.3 Å². The Morgan fingerprint density at radius 2 is 2.00 bits per heavy atom. The molecule has 96 valence electrons. The fraction of sp³-hybridized carbons (Fsp3) is 0.455. The van der Waals surface area contributed by atoms with Gasteiger partial charge in [0.15, 0.2) is 6.10 Å². The third-order valence-electron chi connectivity index (χ3n) is 2.12. The molecule has 0 aliphatic heterocycles. The molecule has 0 spiro atoms. The first-order chi connectivity index (χ1) is 7.91. The van der Waals surface area contributed by atoms with Gasteiger partial charge in [0, 0.05) is 6.54 Å². The Labute approximate surface area is 103 Å². The number of anilines is 1. The molecule has 1 atom stereocenters. The minimum atomic E-state index is -4.32. The van der Waals surface area contributed by atoms with Crippen molar-refractivity contribution >= 4 is 17.3 Å². The van der Waals surface area contributed by atoms with Crippen LogP contribution in [0.15, 0.2) is 24.3 Å². The Morgan fingerprint density at radius 3 is 2.59 bits per heavy atom. The van der Waals surface area contributed by atoms with Crippen LogP contribution >= 0.6 is 11.6 Å². The smallest absolute Gasteiger partial charge is 0.382 e. The number of nitrogens with one attached hydrogen (secondary N) is 1. The molecule has 0 aliphatic rings. The van der Waals surface area contributed by atoms with Crippen LogP contribution in [0.5, 0.6) is 0 Å². The monoisotopic (exact) mass is 267 g/mol. The third kappa shape index (κ3) is 4.83. The van der Waals surface area contributed by atoms with Gasteiger partial charge in [-0.15, -0.1) is 0 Å². The SMILES string of the molecule is CC(OCCNc1ccccc1Cl)C(F)(F)F. The minimum absolute atomic E-state index is 0.0358. The maximum absolute atomic E-state index is 12.1. The fourth-order valence-electron chi connectivity index (χ4n) is 1.12. The standard InChI is InChI=1S/C11H13ClF3NO/c1-8(11(13,14)15)17-7-6-16-10-5-3-2-4-9(10)12/h2-5,8,16H,6-7H2,1H3. The van der Waals surface area contributed by atoms with E-state index in [4.69, 9.17) is 11.6 Å². The number of hydrogen-bond donors (Lipinski definition) is 1. The molecule has 0 saturated heterocycles. The summed E-state index contributed by atoms with van der Waals surface area (Å²) in [7, 11) is 0. The first kappa shape index (κ1) is 14.1. The summed E-state index contributed by atoms with van der Waals surface area (Å²) in [6.07, 6.45) is -6.07. The van der Waals surface area contributed by atoms with Crippen LogP contribution in [-0.2, 0) is 4.74 Å². The largest absolute Gasteiger partial charge is 0.414 e. The summed E-state index contributed by atoms with van der Waals surface area (Å²) in [6.45, 7) is 1.21. The molecule has 0 saturated carbocycles. The number of ether oxygens (including phenoxy) is 1. The number of rotatable bonds is 5. The Bertz CT molecular complexity index is 357. The molecule has 17 heavy (non-hydrogen) atoms. The number of para-hydroxylation sites is 1. The summed E-state index contributed by atoms with van der Waals surface area (Å²) in [6, 6.07) is 7.00. The van der Waals surface area contributed by atoms with Crippen molar-refractivity contribution in [3.8, 4) is 0 Å². The molecular formula is C11H13ClF3NO. The zero-order valence-electron chi connectivity index (χ0n) is 9.22. The molecule has 0 aliphatic carbocycles. The Hall–Kier alpha value is -0.940. The van der Waals surface area contributed by atoms with Gasteiger partial charge in [-0.3, -0.25) is 0 Å². The number of hydrogen-bond acceptors (Lipinski definition) is 2. The predicted octanol–water partition coefficient (Wildman–Crippen LogP) is 3.72. The van der Waals surface area contributed by atoms with Crippen LogP contribution < -0.4 is 5.32 Å². The van der Waals surface area contributed by atoms with E-state index >= 15 is 0 Å². The molecule has 6 heteroatoms. The second-order valence-corrected chi connectivity index (χ2v) is 3.87. The van der Waals surface area contributed by atoms with Gasteiger partial charge in [-0.2, -0.15) is 13.2 Å². The number of alkyl halides is 3. The van der Waals surface area contributed by atoms with Crippen LogP contribution in [-0.4, -0.2) is 25.4 Å². The summed E-state index contributed by atoms with van der Waals surface area (Å²) in [5, 5.41) is 3.42. The summed E-state index contributed by atoms with van der Waals surface area (Å²) >= 11 is 5.85. The average molecular weight is 268 g/mol. The molecule has 1 unspecified atom stereocenters. The van der Waals surface area contributed by atoms with Crippen molar-refractivity contribution in [3.63, 3.8) is 0 Å². The van der Waals surface area contributed by atoms with Crippen LogP contribution in [0.1, 0.15) is 6.92 Å². The highest BCUT2D eigenvalue weighted by Crippen LogP contribution is 2.22. The van der Waals surface area contributed by atoms with Gasteiger partial charge in [0.25, 0.3) is 0 Å². The molecule has 0 bridgehead atoms. The lowest BCUT2D eigenvalue weighted by molar-refractivity contribution is -0.213. The second-order valence-electron chi connectivity index (χ2n) is 3.46. The van der Waals surface area contributed by atoms with Crippen molar-refractivity contribution in [3.05, 3.63) is 29.3 Å². The minimum Gasteiger partial charge on any atom is -0.382 e. The highest BCUT2D eigenvalue weighted by Gasteiger charge is 2.36. The third-order valence-corrected chi connectivity index (χ3v) is 2.45. The zero-order chi connectivity index (χ0) is 12.9. The molecule has 0 heterocycles. The first-order valence-electron chi connectivity index (χ1n) is 5.08. The van der Waals surface area contributed by atoms with E-state index in [0.29, 0.717) is 10.7 Å². The van der Waals surface area contributed by atoms with Crippen molar-refractivity contribution < 1.29 is 17.9 Å². The van der Waals surface area contributed by atoms with Gasteiger partial charge >= 0.3 is 6.18 Å². The summed E-state index contributed by atoms with van der Waals surface area (Å²) in [5.74, 6) is 0. The van der Waals surface area contributed by atoms with Gasteiger partial charge in [0.1, 0.15) is 0 Å². The Balaban J connectivity index is 2.28. The topological polar surface area (TPSA) is 21.3 Å². The van der Waals surface area contributed by atoms with Gasteiger partial charge in [-0.25, -0.2) is 0 Å². The van der Waals surface area contributed by atoms with E-state index < -0.39 is 12.3 Å². The molecule has 1 aromatic rings. The van der Waals surface area contributed by atoms with E-state index in [1.54, 1.807) is 24.3 Å². The van der Waals surface area contributed by atoms with Crippen molar-refractivity contribution in [2.45, 2.75) is 19.2 Å². The lowest BCUT2D eigenvalue weighted by Crippen LogP contribution is -2.30. The molecule has 0 aromatic heterocycles. The number of benzene rings is 1. The zero-order valence-corrected chi connectivity index (χ0v) is 9.98. The lowest BCUT2D eigenvalue weighted by Gasteiger charge is -2.16. The van der Waals surface area contributed by atoms with Crippen molar-refractivity contribution in [1.82, 2.24) is 0 Å². The molecule has 1 N–H and O–H groups in total. The Kier molecular flexibility index (Phi) is 5.08. The summed E-state index contributed by atoms with van der Waals surface area (Å²) in [4.78, 5) is 0. The predicted molar refractivity (Wildman–Crippen MR) is 61.4 cm³/mol. The first-order valence-corrected chi connectivity index (χ1v) is 5.46. The van der Waals surface area contributed by atoms with Gasteiger partial charge < -0.3 is 10.1 Å². The van der Waals surface area contributed by atoms with Crippen LogP contribution in [0.2, 0.25) is 5.02 Å². The summed E-state index contributed by atoms with van der Waals surface area (Å²) < 4.78 is 40.9. The highest BCUT2D eigenvalue weighted by atomic mass is 35.5. The van der Waals surface area contributed by atoms with E-state index in [9.17, 15) is 13.2 Å². The van der Waals surface area contributed by atoms with Crippen molar-refractivity contribution in [2.75, 3.05) is 18.5 Å². The van der Waals surface area contributed by atoms with E-state index in [0.717, 1.165) is 6.92 Å². The average Bonchev–Trinajstić information content (AvgIpc) is 2.25. The maximum Gasteiger partial charge on any atom is 0.414 e. The van der Waals surface area contributed by atoms with Gasteiger partial charge in [-0.05, 0) is 19.1 Å². The van der Waals surface area contributed by atoms with Crippen molar-refractivity contribution in [1.29, 1.82) is 0 Å². The van der Waals surface area contributed by atoms with Crippen LogP contribution in [0.3, 0.4) is 0 Å². The van der Waals surface area contributed by atoms with E-state index in [-0.39, 0.29) is 13.2 Å². The quantitative estimate of drug-likeness (QED) is 0.821. The Morgan fingerprint density at radius 1 is 1.35 bits per heavy atom. The van der Waals surface area contributed by atoms with Crippen LogP contribution in [0, 0.1) is 0 Å². The fourth-order valence-corrected chi connectivity index (χ4v) is 1.32. The second kappa shape index (κ2) is 6.12. The number of halogens is 4. The molecule has 1 aromatic carbocycles. The van der Waals surface area contributed by atoms with Gasteiger partial charge in [-0.1, -0.05) is 23.7 Å². The van der Waals surface area contributed by atoms with E-state index in [2.05, 4.69) is 10.1 Å². The van der Waals surface area contributed by atoms with Crippen LogP contribution in [0.25, 0.3) is 0 Å². The molecule has 1 rings (SSSR count). The maximum atomic E-state index is 12.1. The summed E-state index contributed by atoms with van der Waals surface area (Å²) in [5.41, 5.74) is 0.678. The van der Waals surface area contributed by atoms with E-state index in [1.165, 1.54) is 0 Å².